The molecule has 2 aromatic rings. The summed E-state index contributed by atoms with van der Waals surface area (Å²) in [6, 6.07) is 15.0. The first-order chi connectivity index (χ1) is 13.2. The lowest BCUT2D eigenvalue weighted by molar-refractivity contribution is -0.123. The van der Waals surface area contributed by atoms with E-state index in [0.717, 1.165) is 24.2 Å². The average molecular weight is 369 g/mol. The van der Waals surface area contributed by atoms with E-state index in [-0.39, 0.29) is 24.7 Å². The fourth-order valence-corrected chi connectivity index (χ4v) is 3.27. The Labute approximate surface area is 160 Å². The van der Waals surface area contributed by atoms with Crippen LogP contribution in [0.1, 0.15) is 44.2 Å². The van der Waals surface area contributed by atoms with Gasteiger partial charge in [0, 0.05) is 0 Å². The van der Waals surface area contributed by atoms with Gasteiger partial charge in [-0.1, -0.05) is 24.3 Å². The topological polar surface area (TPSA) is 56.8 Å². The van der Waals surface area contributed by atoms with E-state index in [0.29, 0.717) is 11.5 Å². The molecule has 0 radical (unpaired) electrons. The molecule has 0 spiro atoms. The molecule has 3 rings (SSSR count). The van der Waals surface area contributed by atoms with Crippen molar-refractivity contribution in [3.8, 4) is 17.2 Å². The van der Waals surface area contributed by atoms with Gasteiger partial charge in [-0.2, -0.15) is 0 Å². The van der Waals surface area contributed by atoms with Gasteiger partial charge >= 0.3 is 0 Å². The number of para-hydroxylation sites is 1. The molecule has 1 amide bonds. The predicted octanol–water partition coefficient (Wildman–Crippen LogP) is 4.27. The van der Waals surface area contributed by atoms with Gasteiger partial charge in [-0.05, 0) is 62.4 Å². The molecule has 0 aromatic heterocycles. The summed E-state index contributed by atoms with van der Waals surface area (Å²) < 4.78 is 17.0. The molecule has 1 fully saturated rings. The number of amides is 1. The van der Waals surface area contributed by atoms with Crippen molar-refractivity contribution in [1.29, 1.82) is 0 Å². The monoisotopic (exact) mass is 369 g/mol. The number of carbonyl (C=O) groups excluding carboxylic acids is 1. The van der Waals surface area contributed by atoms with E-state index in [1.807, 2.05) is 55.5 Å². The minimum absolute atomic E-state index is 0.0195. The molecule has 27 heavy (non-hydrogen) atoms. The second kappa shape index (κ2) is 9.31. The first-order valence-corrected chi connectivity index (χ1v) is 9.47. The predicted molar refractivity (Wildman–Crippen MR) is 104 cm³/mol. The molecule has 0 bridgehead atoms. The Bertz CT molecular complexity index is 741. The van der Waals surface area contributed by atoms with Gasteiger partial charge in [0.2, 0.25) is 0 Å². The number of carbonyl (C=O) groups is 1. The van der Waals surface area contributed by atoms with Crippen LogP contribution in [0, 0.1) is 0 Å². The van der Waals surface area contributed by atoms with E-state index >= 15 is 0 Å². The van der Waals surface area contributed by atoms with Gasteiger partial charge in [-0.15, -0.1) is 0 Å². The highest BCUT2D eigenvalue weighted by atomic mass is 16.5. The highest BCUT2D eigenvalue weighted by molar-refractivity contribution is 5.78. The normalized spacial score (nSPS) is 15.2. The zero-order valence-corrected chi connectivity index (χ0v) is 15.9. The maximum atomic E-state index is 12.2. The van der Waals surface area contributed by atoms with Gasteiger partial charge in [-0.3, -0.25) is 4.79 Å². The molecule has 144 valence electrons. The van der Waals surface area contributed by atoms with Crippen molar-refractivity contribution in [1.82, 2.24) is 5.32 Å². The van der Waals surface area contributed by atoms with Crippen molar-refractivity contribution in [3.05, 3.63) is 54.1 Å². The summed E-state index contributed by atoms with van der Waals surface area (Å²) in [5, 5.41) is 2.95. The highest BCUT2D eigenvalue weighted by Crippen LogP contribution is 2.33. The molecular weight excluding hydrogens is 342 g/mol. The molecule has 2 aromatic carbocycles. The largest absolute Gasteiger partial charge is 0.493 e. The van der Waals surface area contributed by atoms with E-state index in [1.165, 1.54) is 12.8 Å². The van der Waals surface area contributed by atoms with Crippen LogP contribution in [0.25, 0.3) is 0 Å². The number of methoxy groups -OCH3 is 1. The van der Waals surface area contributed by atoms with Gasteiger partial charge in [0.05, 0.1) is 19.3 Å². The van der Waals surface area contributed by atoms with Crippen molar-refractivity contribution in [2.24, 2.45) is 0 Å². The lowest BCUT2D eigenvalue weighted by Crippen LogP contribution is -2.31. The minimum Gasteiger partial charge on any atom is -0.493 e. The summed E-state index contributed by atoms with van der Waals surface area (Å²) in [6.07, 6.45) is 4.91. The molecule has 0 aliphatic heterocycles. The van der Waals surface area contributed by atoms with Crippen LogP contribution < -0.4 is 19.5 Å². The zero-order valence-electron chi connectivity index (χ0n) is 15.9. The number of hydrogen-bond acceptors (Lipinski definition) is 4. The summed E-state index contributed by atoms with van der Waals surface area (Å²) >= 11 is 0. The molecule has 0 heterocycles. The van der Waals surface area contributed by atoms with Crippen molar-refractivity contribution in [2.75, 3.05) is 13.7 Å². The Balaban J connectivity index is 1.56. The van der Waals surface area contributed by atoms with Crippen LogP contribution in [0.15, 0.2) is 48.5 Å². The lowest BCUT2D eigenvalue weighted by Gasteiger charge is -2.19. The van der Waals surface area contributed by atoms with Crippen LogP contribution in [0.2, 0.25) is 0 Å². The molecule has 5 nitrogen and oxygen atoms in total. The van der Waals surface area contributed by atoms with Crippen LogP contribution >= 0.6 is 0 Å². The second-order valence-electron chi connectivity index (χ2n) is 6.83. The molecular formula is C22H27NO4. The number of rotatable bonds is 8. The second-order valence-corrected chi connectivity index (χ2v) is 6.83. The van der Waals surface area contributed by atoms with Gasteiger partial charge in [0.25, 0.3) is 5.91 Å². The number of nitrogens with one attached hydrogen (secondary N) is 1. The third-order valence-electron chi connectivity index (χ3n) is 4.77. The Kier molecular flexibility index (Phi) is 6.58. The van der Waals surface area contributed by atoms with Crippen molar-refractivity contribution >= 4 is 5.91 Å². The van der Waals surface area contributed by atoms with Gasteiger partial charge in [0.1, 0.15) is 5.75 Å². The number of hydrogen-bond donors (Lipinski definition) is 1. The third kappa shape index (κ3) is 5.39. The Morgan fingerprint density at radius 1 is 1.11 bits per heavy atom. The lowest BCUT2D eigenvalue weighted by atomic mass is 10.1. The third-order valence-corrected chi connectivity index (χ3v) is 4.77. The van der Waals surface area contributed by atoms with E-state index in [2.05, 4.69) is 5.32 Å². The average Bonchev–Trinajstić information content (AvgIpc) is 3.20. The Hall–Kier alpha value is -2.69. The standard InChI is InChI=1S/C22H27NO4/c1-16(23-22(24)15-26-18-8-4-3-5-9-18)17-12-13-20(21(14-17)25-2)27-19-10-6-7-11-19/h3-5,8-9,12-14,16,19H,6-7,10-11,15H2,1-2H3,(H,23,24). The van der Waals surface area contributed by atoms with E-state index < -0.39 is 0 Å². The molecule has 1 N–H and O–H groups in total. The van der Waals surface area contributed by atoms with Crippen molar-refractivity contribution < 1.29 is 19.0 Å². The zero-order chi connectivity index (χ0) is 19.1. The first-order valence-electron chi connectivity index (χ1n) is 9.47. The number of ether oxygens (including phenoxy) is 3. The van der Waals surface area contributed by atoms with Gasteiger partial charge < -0.3 is 19.5 Å². The quantitative estimate of drug-likeness (QED) is 0.755. The smallest absolute Gasteiger partial charge is 0.258 e. The fourth-order valence-electron chi connectivity index (χ4n) is 3.27. The molecule has 1 atom stereocenters. The highest BCUT2D eigenvalue weighted by Gasteiger charge is 2.19. The Morgan fingerprint density at radius 3 is 2.56 bits per heavy atom. The Morgan fingerprint density at radius 2 is 1.85 bits per heavy atom. The molecule has 1 unspecified atom stereocenters. The van der Waals surface area contributed by atoms with E-state index in [1.54, 1.807) is 7.11 Å². The maximum Gasteiger partial charge on any atom is 0.258 e. The molecule has 1 saturated carbocycles. The number of benzene rings is 2. The molecule has 1 aliphatic rings. The SMILES string of the molecule is COc1cc(C(C)NC(=O)COc2ccccc2)ccc1OC1CCCC1. The molecule has 1 aliphatic carbocycles. The van der Waals surface area contributed by atoms with Crippen molar-refractivity contribution in [2.45, 2.75) is 44.8 Å². The van der Waals surface area contributed by atoms with Crippen LogP contribution in [-0.4, -0.2) is 25.7 Å². The van der Waals surface area contributed by atoms with Crippen molar-refractivity contribution in [3.63, 3.8) is 0 Å². The summed E-state index contributed by atoms with van der Waals surface area (Å²) in [4.78, 5) is 12.2. The van der Waals surface area contributed by atoms with Crippen LogP contribution in [-0.2, 0) is 4.79 Å². The van der Waals surface area contributed by atoms with Crippen LogP contribution in [0.4, 0.5) is 0 Å². The van der Waals surface area contributed by atoms with Crippen LogP contribution in [0.3, 0.4) is 0 Å². The maximum absolute atomic E-state index is 12.2. The van der Waals surface area contributed by atoms with Gasteiger partial charge in [0.15, 0.2) is 18.1 Å². The summed E-state index contributed by atoms with van der Waals surface area (Å²) in [5.74, 6) is 1.96. The molecule has 0 saturated heterocycles. The van der Waals surface area contributed by atoms with Crippen LogP contribution in [0.5, 0.6) is 17.2 Å². The van der Waals surface area contributed by atoms with Gasteiger partial charge in [-0.25, -0.2) is 0 Å². The minimum atomic E-state index is -0.170. The summed E-state index contributed by atoms with van der Waals surface area (Å²) in [5.41, 5.74) is 0.957. The first kappa shape index (κ1) is 19.1. The molecule has 5 heteroatoms. The van der Waals surface area contributed by atoms with E-state index in [9.17, 15) is 4.79 Å². The fraction of sp³-hybridized carbons (Fsp3) is 0.409. The summed E-state index contributed by atoms with van der Waals surface area (Å²) in [6.45, 7) is 1.92. The van der Waals surface area contributed by atoms with E-state index in [4.69, 9.17) is 14.2 Å². The summed E-state index contributed by atoms with van der Waals surface area (Å²) in [7, 11) is 1.64.